The van der Waals surface area contributed by atoms with Gasteiger partial charge < -0.3 is 0 Å². The van der Waals surface area contributed by atoms with Gasteiger partial charge in [0.1, 0.15) is 0 Å². The normalized spacial score (nSPS) is 13.5. The minimum absolute atomic E-state index is 0.0612. The van der Waals surface area contributed by atoms with Crippen LogP contribution < -0.4 is 0 Å². The van der Waals surface area contributed by atoms with Crippen molar-refractivity contribution in [2.24, 2.45) is 4.99 Å². The molecular weight excluding hydrogens is 326 g/mol. The topological polar surface area (TPSA) is 12.4 Å². The van der Waals surface area contributed by atoms with Gasteiger partial charge in [-0.25, -0.2) is 0 Å². The minimum Gasteiger partial charge on any atom is -0.292 e. The van der Waals surface area contributed by atoms with Crippen molar-refractivity contribution in [1.29, 1.82) is 0 Å². The maximum Gasteiger partial charge on any atom is 0.0520 e. The van der Waals surface area contributed by atoms with Crippen LogP contribution in [0.2, 0.25) is 0 Å². The smallest absolute Gasteiger partial charge is 0.0520 e. The Morgan fingerprint density at radius 3 is 1.59 bits per heavy atom. The van der Waals surface area contributed by atoms with Crippen molar-refractivity contribution < 1.29 is 0 Å². The molecule has 0 spiro atoms. The molecule has 27 heavy (non-hydrogen) atoms. The molecule has 0 aromatic rings. The van der Waals surface area contributed by atoms with E-state index in [0.717, 1.165) is 25.7 Å². The van der Waals surface area contributed by atoms with Gasteiger partial charge in [0.15, 0.2) is 0 Å². The standard InChI is InChI=1S/C26H45N/c1-5-6-7-8-9-10-11-12-13-14-15-16-17-18-19-20-21-22-23-24-25-27-26(2,3)4/h6-7,15-16,18-19,21-22,25H,5,8-14,17,20,23-24H2,1-4H3/b7-6-,16-15-,19-18-,22-21-,27-25+. The Kier molecular flexibility index (Phi) is 18.4. The molecule has 0 N–H and O–H groups in total. The lowest BCUT2D eigenvalue weighted by Gasteiger charge is -2.10. The second kappa shape index (κ2) is 19.4. The summed E-state index contributed by atoms with van der Waals surface area (Å²) in [4.78, 5) is 4.49. The van der Waals surface area contributed by atoms with Crippen LogP contribution in [0.25, 0.3) is 0 Å². The van der Waals surface area contributed by atoms with E-state index in [9.17, 15) is 0 Å². The zero-order valence-electron chi connectivity index (χ0n) is 18.6. The number of aliphatic imine (C=N–C) groups is 1. The number of hydrogen-bond donors (Lipinski definition) is 0. The van der Waals surface area contributed by atoms with E-state index in [1.54, 1.807) is 0 Å². The predicted molar refractivity (Wildman–Crippen MR) is 126 cm³/mol. The third kappa shape index (κ3) is 24.6. The van der Waals surface area contributed by atoms with Crippen molar-refractivity contribution in [3.8, 4) is 0 Å². The first-order valence-corrected chi connectivity index (χ1v) is 11.2. The van der Waals surface area contributed by atoms with Crippen molar-refractivity contribution in [1.82, 2.24) is 0 Å². The number of hydrogen-bond acceptors (Lipinski definition) is 1. The zero-order valence-corrected chi connectivity index (χ0v) is 18.6. The third-order valence-corrected chi connectivity index (χ3v) is 4.13. The van der Waals surface area contributed by atoms with Crippen LogP contribution in [0.3, 0.4) is 0 Å². The third-order valence-electron chi connectivity index (χ3n) is 4.13. The first kappa shape index (κ1) is 25.6. The number of unbranched alkanes of at least 4 members (excludes halogenated alkanes) is 7. The Morgan fingerprint density at radius 2 is 1.04 bits per heavy atom. The second-order valence-electron chi connectivity index (χ2n) is 8.17. The zero-order chi connectivity index (χ0) is 20.1. The van der Waals surface area contributed by atoms with Crippen LogP contribution >= 0.6 is 0 Å². The van der Waals surface area contributed by atoms with Crippen LogP contribution in [0.5, 0.6) is 0 Å². The molecule has 0 saturated heterocycles. The Hall–Kier alpha value is -1.37. The minimum atomic E-state index is 0.0612. The van der Waals surface area contributed by atoms with Gasteiger partial charge in [-0.3, -0.25) is 4.99 Å². The van der Waals surface area contributed by atoms with Crippen LogP contribution in [-0.4, -0.2) is 11.8 Å². The Bertz CT molecular complexity index is 443. The number of allylic oxidation sites excluding steroid dienone is 8. The Labute approximate surface area is 170 Å². The van der Waals surface area contributed by atoms with Crippen molar-refractivity contribution in [3.63, 3.8) is 0 Å². The first-order chi connectivity index (χ1) is 13.1. The average molecular weight is 372 g/mol. The molecule has 0 aliphatic heterocycles. The summed E-state index contributed by atoms with van der Waals surface area (Å²) in [5.74, 6) is 0. The lowest BCUT2D eigenvalue weighted by Crippen LogP contribution is -2.09. The molecule has 0 amide bonds. The molecule has 0 atom stereocenters. The molecule has 0 rings (SSSR count). The van der Waals surface area contributed by atoms with Crippen molar-refractivity contribution in [2.75, 3.05) is 0 Å². The fourth-order valence-electron chi connectivity index (χ4n) is 2.63. The molecule has 0 aliphatic carbocycles. The van der Waals surface area contributed by atoms with Crippen LogP contribution in [-0.2, 0) is 0 Å². The first-order valence-electron chi connectivity index (χ1n) is 11.2. The quantitative estimate of drug-likeness (QED) is 0.146. The molecule has 0 fully saturated rings. The molecule has 0 aromatic heterocycles. The van der Waals surface area contributed by atoms with Crippen molar-refractivity contribution in [3.05, 3.63) is 48.6 Å². The van der Waals surface area contributed by atoms with Gasteiger partial charge >= 0.3 is 0 Å². The summed E-state index contributed by atoms with van der Waals surface area (Å²) < 4.78 is 0. The van der Waals surface area contributed by atoms with E-state index in [0.29, 0.717) is 0 Å². The van der Waals surface area contributed by atoms with Gasteiger partial charge in [-0.05, 0) is 84.8 Å². The summed E-state index contributed by atoms with van der Waals surface area (Å²) in [6, 6.07) is 0. The van der Waals surface area contributed by atoms with E-state index >= 15 is 0 Å². The predicted octanol–water partition coefficient (Wildman–Crippen LogP) is 8.78. The Balaban J connectivity index is 3.39. The van der Waals surface area contributed by atoms with Gasteiger partial charge in [-0.2, -0.15) is 0 Å². The van der Waals surface area contributed by atoms with Crippen molar-refractivity contribution in [2.45, 2.75) is 110 Å². The van der Waals surface area contributed by atoms with E-state index in [2.05, 4.69) is 87.5 Å². The molecule has 0 aliphatic rings. The highest BCUT2D eigenvalue weighted by Gasteiger charge is 2.03. The van der Waals surface area contributed by atoms with Crippen LogP contribution in [0.15, 0.2) is 53.6 Å². The summed E-state index contributed by atoms with van der Waals surface area (Å²) in [6.45, 7) is 8.59. The van der Waals surface area contributed by atoms with E-state index in [4.69, 9.17) is 0 Å². The van der Waals surface area contributed by atoms with Crippen LogP contribution in [0.4, 0.5) is 0 Å². The molecule has 1 nitrogen and oxygen atoms in total. The summed E-state index contributed by atoms with van der Waals surface area (Å²) in [6.07, 6.45) is 35.1. The fourth-order valence-corrected chi connectivity index (χ4v) is 2.63. The second-order valence-corrected chi connectivity index (χ2v) is 8.17. The van der Waals surface area contributed by atoms with Crippen molar-refractivity contribution >= 4 is 6.21 Å². The molecule has 1 heteroatoms. The molecule has 0 unspecified atom stereocenters. The van der Waals surface area contributed by atoms with E-state index in [1.807, 2.05) is 0 Å². The summed E-state index contributed by atoms with van der Waals surface area (Å²) >= 11 is 0. The van der Waals surface area contributed by atoms with Crippen LogP contribution in [0.1, 0.15) is 105 Å². The van der Waals surface area contributed by atoms with Gasteiger partial charge in [0.05, 0.1) is 5.54 Å². The highest BCUT2D eigenvalue weighted by atomic mass is 14.8. The SMILES string of the molecule is CC/C=C\CCCCCCC/C=C\C/C=C\C/C=C\CC/C=N/C(C)(C)C. The van der Waals surface area contributed by atoms with Crippen LogP contribution in [0, 0.1) is 0 Å². The van der Waals surface area contributed by atoms with E-state index in [-0.39, 0.29) is 5.54 Å². The van der Waals surface area contributed by atoms with E-state index in [1.165, 1.54) is 51.4 Å². The molecule has 154 valence electrons. The highest BCUT2D eigenvalue weighted by molar-refractivity contribution is 5.57. The maximum absolute atomic E-state index is 4.49. The molecule has 0 radical (unpaired) electrons. The molecule has 0 bridgehead atoms. The van der Waals surface area contributed by atoms with E-state index < -0.39 is 0 Å². The summed E-state index contributed by atoms with van der Waals surface area (Å²) in [7, 11) is 0. The molecule has 0 saturated carbocycles. The lowest BCUT2D eigenvalue weighted by atomic mass is 10.1. The average Bonchev–Trinajstić information content (AvgIpc) is 2.62. The largest absolute Gasteiger partial charge is 0.292 e. The summed E-state index contributed by atoms with van der Waals surface area (Å²) in [5.41, 5.74) is 0.0612. The molecule has 0 aromatic carbocycles. The molecule has 0 heterocycles. The van der Waals surface area contributed by atoms with Gasteiger partial charge in [0.2, 0.25) is 0 Å². The molecular formula is C26H45N. The Morgan fingerprint density at radius 1 is 0.556 bits per heavy atom. The van der Waals surface area contributed by atoms with Gasteiger partial charge in [0.25, 0.3) is 0 Å². The van der Waals surface area contributed by atoms with Gasteiger partial charge in [-0.1, -0.05) is 74.8 Å². The maximum atomic E-state index is 4.49. The van der Waals surface area contributed by atoms with Gasteiger partial charge in [0, 0.05) is 0 Å². The van der Waals surface area contributed by atoms with Gasteiger partial charge in [-0.15, -0.1) is 0 Å². The summed E-state index contributed by atoms with van der Waals surface area (Å²) in [5, 5.41) is 0. The monoisotopic (exact) mass is 371 g/mol. The fraction of sp³-hybridized carbons (Fsp3) is 0.654. The highest BCUT2D eigenvalue weighted by Crippen LogP contribution is 2.08. The lowest BCUT2D eigenvalue weighted by molar-refractivity contribution is 0.585. The number of nitrogens with zero attached hydrogens (tertiary/aromatic N) is 1. The number of rotatable bonds is 16.